The molecule has 3 aromatic rings. The van der Waals surface area contributed by atoms with Crippen LogP contribution in [0.15, 0.2) is 53.9 Å². The molecule has 0 radical (unpaired) electrons. The molecule has 1 aliphatic heterocycles. The Balaban J connectivity index is 1.87. The minimum Gasteiger partial charge on any atom is -0.497 e. The molecule has 0 spiro atoms. The quantitative estimate of drug-likeness (QED) is 0.474. The number of rotatable bonds is 9. The van der Waals surface area contributed by atoms with E-state index in [2.05, 4.69) is 5.32 Å². The lowest BCUT2D eigenvalue weighted by Gasteiger charge is -2.41. The largest absolute Gasteiger partial charge is 0.497 e. The van der Waals surface area contributed by atoms with Gasteiger partial charge in [-0.1, -0.05) is 12.1 Å². The summed E-state index contributed by atoms with van der Waals surface area (Å²) in [5.41, 5.74) is 1.58. The van der Waals surface area contributed by atoms with Gasteiger partial charge in [-0.15, -0.1) is 11.3 Å². The van der Waals surface area contributed by atoms with Crippen LogP contribution in [0.1, 0.15) is 32.8 Å². The summed E-state index contributed by atoms with van der Waals surface area (Å²) in [6, 6.07) is 13.9. The van der Waals surface area contributed by atoms with Crippen molar-refractivity contribution >= 4 is 28.8 Å². The van der Waals surface area contributed by atoms with Crippen LogP contribution in [0.2, 0.25) is 0 Å². The molecule has 1 N–H and O–H groups in total. The zero-order valence-corrected chi connectivity index (χ0v) is 20.9. The number of carbonyl (C=O) groups excluding carboxylic acids is 2. The topological polar surface area (TPSA) is 86.3 Å². The van der Waals surface area contributed by atoms with E-state index in [1.165, 1.54) is 25.6 Å². The highest BCUT2D eigenvalue weighted by Crippen LogP contribution is 2.47. The maximum atomic E-state index is 13.9. The lowest BCUT2D eigenvalue weighted by molar-refractivity contribution is -0.119. The van der Waals surface area contributed by atoms with Crippen molar-refractivity contribution in [3.05, 3.63) is 69.9 Å². The first-order chi connectivity index (χ1) is 17.0. The molecule has 184 valence electrons. The van der Waals surface area contributed by atoms with Crippen LogP contribution in [0.25, 0.3) is 0 Å². The third-order valence-corrected chi connectivity index (χ3v) is 6.97. The number of hydrogen-bond acceptors (Lipinski definition) is 7. The number of ether oxygens (including phenoxy) is 4. The molecule has 2 amide bonds. The third kappa shape index (κ3) is 4.82. The average Bonchev–Trinajstić information content (AvgIpc) is 3.41. The summed E-state index contributed by atoms with van der Waals surface area (Å²) in [6.45, 7) is 0.662. The maximum absolute atomic E-state index is 13.9. The molecule has 9 heteroatoms. The molecule has 0 saturated carbocycles. The SMILES string of the molecule is COCCN1C(=O)c2cc(OC)c(OC)cc2C(C(=O)Nc2cccc(OC)c2)C1c1cccs1. The normalized spacial score (nSPS) is 17.0. The maximum Gasteiger partial charge on any atom is 0.254 e. The number of nitrogens with zero attached hydrogens (tertiary/aromatic N) is 1. The van der Waals surface area contributed by atoms with Crippen molar-refractivity contribution < 1.29 is 28.5 Å². The van der Waals surface area contributed by atoms with Crippen molar-refractivity contribution in [1.82, 2.24) is 4.90 Å². The van der Waals surface area contributed by atoms with Gasteiger partial charge in [-0.2, -0.15) is 0 Å². The monoisotopic (exact) mass is 496 g/mol. The van der Waals surface area contributed by atoms with Gasteiger partial charge in [0.2, 0.25) is 5.91 Å². The van der Waals surface area contributed by atoms with E-state index < -0.39 is 12.0 Å². The fourth-order valence-corrected chi connectivity index (χ4v) is 5.26. The van der Waals surface area contributed by atoms with E-state index in [1.54, 1.807) is 43.4 Å². The number of carbonyl (C=O) groups is 2. The number of thiophene rings is 1. The van der Waals surface area contributed by atoms with Crippen LogP contribution in [0.3, 0.4) is 0 Å². The number of anilines is 1. The molecule has 2 heterocycles. The van der Waals surface area contributed by atoms with Gasteiger partial charge in [0.05, 0.1) is 39.9 Å². The second-order valence-corrected chi connectivity index (χ2v) is 8.92. The van der Waals surface area contributed by atoms with Crippen LogP contribution in [-0.2, 0) is 9.53 Å². The lowest BCUT2D eigenvalue weighted by atomic mass is 9.81. The number of nitrogens with one attached hydrogen (secondary N) is 1. The van der Waals surface area contributed by atoms with E-state index in [0.717, 1.165) is 4.88 Å². The molecule has 4 rings (SSSR count). The predicted molar refractivity (Wildman–Crippen MR) is 134 cm³/mol. The average molecular weight is 497 g/mol. The summed E-state index contributed by atoms with van der Waals surface area (Å²) in [7, 11) is 6.21. The molecule has 0 aliphatic carbocycles. The Kier molecular flexibility index (Phi) is 7.57. The van der Waals surface area contributed by atoms with E-state index in [9.17, 15) is 9.59 Å². The number of benzene rings is 2. The Morgan fingerprint density at radius 2 is 1.77 bits per heavy atom. The third-order valence-electron chi connectivity index (χ3n) is 6.02. The molecule has 2 unspecified atom stereocenters. The molecule has 0 bridgehead atoms. The molecule has 0 saturated heterocycles. The molecular formula is C26H28N2O6S. The number of hydrogen-bond donors (Lipinski definition) is 1. The van der Waals surface area contributed by atoms with E-state index >= 15 is 0 Å². The van der Waals surface area contributed by atoms with E-state index in [0.29, 0.717) is 47.2 Å². The highest BCUT2D eigenvalue weighted by molar-refractivity contribution is 7.10. The Bertz CT molecular complexity index is 1200. The van der Waals surface area contributed by atoms with Crippen molar-refractivity contribution in [2.45, 2.75) is 12.0 Å². The highest BCUT2D eigenvalue weighted by atomic mass is 32.1. The Labute approximate surface area is 208 Å². The Hall–Kier alpha value is -3.56. The zero-order valence-electron chi connectivity index (χ0n) is 20.1. The van der Waals surface area contributed by atoms with Gasteiger partial charge < -0.3 is 29.2 Å². The van der Waals surface area contributed by atoms with Gasteiger partial charge in [0.25, 0.3) is 5.91 Å². The fraction of sp³-hybridized carbons (Fsp3) is 0.308. The second-order valence-electron chi connectivity index (χ2n) is 7.94. The van der Waals surface area contributed by atoms with Crippen molar-refractivity contribution in [3.8, 4) is 17.2 Å². The smallest absolute Gasteiger partial charge is 0.254 e. The number of fused-ring (bicyclic) bond motifs is 1. The first kappa shape index (κ1) is 24.6. The van der Waals surface area contributed by atoms with E-state index in [4.69, 9.17) is 18.9 Å². The van der Waals surface area contributed by atoms with Gasteiger partial charge in [-0.25, -0.2) is 0 Å². The summed E-state index contributed by atoms with van der Waals surface area (Å²) in [5.74, 6) is 0.359. The van der Waals surface area contributed by atoms with E-state index in [-0.39, 0.29) is 11.8 Å². The first-order valence-corrected chi connectivity index (χ1v) is 11.9. The second kappa shape index (κ2) is 10.8. The number of amides is 2. The van der Waals surface area contributed by atoms with Gasteiger partial charge in [0.1, 0.15) is 5.75 Å². The summed E-state index contributed by atoms with van der Waals surface area (Å²) >= 11 is 1.50. The van der Waals surface area contributed by atoms with Crippen LogP contribution >= 0.6 is 11.3 Å². The van der Waals surface area contributed by atoms with Crippen molar-refractivity contribution in [3.63, 3.8) is 0 Å². The predicted octanol–water partition coefficient (Wildman–Crippen LogP) is 4.34. The summed E-state index contributed by atoms with van der Waals surface area (Å²) < 4.78 is 21.6. The summed E-state index contributed by atoms with van der Waals surface area (Å²) in [4.78, 5) is 30.3. The van der Waals surface area contributed by atoms with Crippen molar-refractivity contribution in [2.24, 2.45) is 0 Å². The minimum atomic E-state index is -0.704. The van der Waals surface area contributed by atoms with E-state index in [1.807, 2.05) is 29.6 Å². The van der Waals surface area contributed by atoms with Crippen LogP contribution in [0, 0.1) is 0 Å². The first-order valence-electron chi connectivity index (χ1n) is 11.1. The highest BCUT2D eigenvalue weighted by Gasteiger charge is 2.45. The van der Waals surface area contributed by atoms with Gasteiger partial charge in [0.15, 0.2) is 11.5 Å². The minimum absolute atomic E-state index is 0.193. The van der Waals surface area contributed by atoms with Gasteiger partial charge in [-0.05, 0) is 41.3 Å². The molecule has 8 nitrogen and oxygen atoms in total. The van der Waals surface area contributed by atoms with Gasteiger partial charge in [-0.3, -0.25) is 9.59 Å². The van der Waals surface area contributed by atoms with Crippen molar-refractivity contribution in [2.75, 3.05) is 46.9 Å². The Morgan fingerprint density at radius 1 is 1.00 bits per heavy atom. The summed E-state index contributed by atoms with van der Waals surface area (Å²) in [6.07, 6.45) is 0. The number of methoxy groups -OCH3 is 4. The van der Waals surface area contributed by atoms with Crippen LogP contribution < -0.4 is 19.5 Å². The lowest BCUT2D eigenvalue weighted by Crippen LogP contribution is -2.47. The molecule has 2 atom stereocenters. The van der Waals surface area contributed by atoms with Crippen LogP contribution in [0.5, 0.6) is 17.2 Å². The molecule has 1 aliphatic rings. The summed E-state index contributed by atoms with van der Waals surface area (Å²) in [5, 5.41) is 4.96. The van der Waals surface area contributed by atoms with Gasteiger partial charge >= 0.3 is 0 Å². The standard InChI is InChI=1S/C26H28N2O6S/c1-31-11-10-28-24(22-9-6-12-35-22)23(25(29)27-16-7-5-8-17(13-16)32-2)18-14-20(33-3)21(34-4)15-19(18)26(28)30/h5-9,12-15,23-24H,10-11H2,1-4H3,(H,27,29). The molecule has 2 aromatic carbocycles. The Morgan fingerprint density at radius 3 is 2.43 bits per heavy atom. The molecule has 35 heavy (non-hydrogen) atoms. The zero-order chi connectivity index (χ0) is 24.9. The van der Waals surface area contributed by atoms with Gasteiger partial charge in [0, 0.05) is 35.8 Å². The molecule has 1 aromatic heterocycles. The van der Waals surface area contributed by atoms with Crippen LogP contribution in [0.4, 0.5) is 5.69 Å². The molecule has 0 fully saturated rings. The molecular weight excluding hydrogens is 468 g/mol. The van der Waals surface area contributed by atoms with Crippen molar-refractivity contribution in [1.29, 1.82) is 0 Å². The van der Waals surface area contributed by atoms with Crippen LogP contribution in [-0.4, -0.2) is 58.3 Å². The fourth-order valence-electron chi connectivity index (χ4n) is 4.38.